The lowest BCUT2D eigenvalue weighted by molar-refractivity contribution is -0.274. The van der Waals surface area contributed by atoms with Crippen LogP contribution in [0, 0.1) is 11.7 Å². The minimum Gasteiger partial charge on any atom is -0.406 e. The third-order valence-corrected chi connectivity index (χ3v) is 2.33. The number of benzene rings is 1. The minimum atomic E-state index is -4.79. The van der Waals surface area contributed by atoms with Gasteiger partial charge in [0.25, 0.3) is 0 Å². The van der Waals surface area contributed by atoms with Crippen LogP contribution in [0.2, 0.25) is 0 Å². The van der Waals surface area contributed by atoms with Crippen LogP contribution in [-0.4, -0.2) is 6.36 Å². The van der Waals surface area contributed by atoms with Crippen LogP contribution in [0.5, 0.6) is 5.75 Å². The topological polar surface area (TPSA) is 35.2 Å². The summed E-state index contributed by atoms with van der Waals surface area (Å²) in [5, 5.41) is 0. The van der Waals surface area contributed by atoms with Crippen molar-refractivity contribution < 1.29 is 22.3 Å². The van der Waals surface area contributed by atoms with Crippen molar-refractivity contribution in [2.24, 2.45) is 11.7 Å². The Morgan fingerprint density at radius 2 is 1.84 bits per heavy atom. The SMILES string of the molecule is CC(C)C[C@H](N)c1cc(OC(F)(F)F)ccc1F.Cl. The van der Waals surface area contributed by atoms with E-state index in [1.165, 1.54) is 0 Å². The Hall–Kier alpha value is -1.01. The molecule has 1 rings (SSSR count). The highest BCUT2D eigenvalue weighted by molar-refractivity contribution is 5.85. The molecule has 7 heteroatoms. The molecule has 1 aromatic carbocycles. The molecule has 0 aliphatic rings. The molecule has 0 aliphatic heterocycles. The normalized spacial score (nSPS) is 13.1. The average molecular weight is 302 g/mol. The summed E-state index contributed by atoms with van der Waals surface area (Å²) >= 11 is 0. The van der Waals surface area contributed by atoms with Gasteiger partial charge in [-0.05, 0) is 30.5 Å². The predicted octanol–water partition coefficient (Wildman–Crippen LogP) is 4.19. The van der Waals surface area contributed by atoms with E-state index in [-0.39, 0.29) is 23.9 Å². The van der Waals surface area contributed by atoms with E-state index in [1.807, 2.05) is 13.8 Å². The van der Waals surface area contributed by atoms with Crippen LogP contribution in [-0.2, 0) is 0 Å². The summed E-state index contributed by atoms with van der Waals surface area (Å²) in [6, 6.07) is 2.20. The van der Waals surface area contributed by atoms with Gasteiger partial charge in [0.1, 0.15) is 11.6 Å². The largest absolute Gasteiger partial charge is 0.573 e. The molecule has 1 atom stereocenters. The Balaban J connectivity index is 0.00000324. The lowest BCUT2D eigenvalue weighted by Crippen LogP contribution is -2.19. The van der Waals surface area contributed by atoms with Crippen LogP contribution in [0.25, 0.3) is 0 Å². The number of rotatable bonds is 4. The molecular formula is C12H16ClF4NO. The lowest BCUT2D eigenvalue weighted by Gasteiger charge is -2.17. The zero-order valence-corrected chi connectivity index (χ0v) is 11.3. The van der Waals surface area contributed by atoms with Crippen LogP contribution < -0.4 is 10.5 Å². The number of ether oxygens (including phenoxy) is 1. The monoisotopic (exact) mass is 301 g/mol. The van der Waals surface area contributed by atoms with Crippen LogP contribution in [0.15, 0.2) is 18.2 Å². The summed E-state index contributed by atoms with van der Waals surface area (Å²) in [4.78, 5) is 0. The highest BCUT2D eigenvalue weighted by Crippen LogP contribution is 2.28. The van der Waals surface area contributed by atoms with Crippen LogP contribution in [0.1, 0.15) is 31.9 Å². The third kappa shape index (κ3) is 6.11. The Bertz CT molecular complexity index is 409. The molecule has 0 spiro atoms. The van der Waals surface area contributed by atoms with E-state index in [4.69, 9.17) is 5.73 Å². The van der Waals surface area contributed by atoms with Crippen molar-refractivity contribution in [3.8, 4) is 5.75 Å². The molecule has 0 aromatic heterocycles. The van der Waals surface area contributed by atoms with Gasteiger partial charge < -0.3 is 10.5 Å². The molecule has 110 valence electrons. The molecule has 0 bridgehead atoms. The van der Waals surface area contributed by atoms with Gasteiger partial charge in [0.15, 0.2) is 0 Å². The molecule has 2 N–H and O–H groups in total. The fraction of sp³-hybridized carbons (Fsp3) is 0.500. The first kappa shape index (κ1) is 18.0. The predicted molar refractivity (Wildman–Crippen MR) is 66.7 cm³/mol. The maximum Gasteiger partial charge on any atom is 0.573 e. The summed E-state index contributed by atoms with van der Waals surface area (Å²) in [6.45, 7) is 3.79. The van der Waals surface area contributed by atoms with Gasteiger partial charge in [0, 0.05) is 11.6 Å². The van der Waals surface area contributed by atoms with E-state index in [2.05, 4.69) is 4.74 Å². The summed E-state index contributed by atoms with van der Waals surface area (Å²) in [6.07, 6.45) is -4.32. The second-order valence-corrected chi connectivity index (χ2v) is 4.47. The Morgan fingerprint density at radius 3 is 2.32 bits per heavy atom. The first-order chi connectivity index (χ1) is 8.19. The molecule has 0 radical (unpaired) electrons. The molecule has 1 aromatic rings. The van der Waals surface area contributed by atoms with Gasteiger partial charge in [-0.1, -0.05) is 13.8 Å². The highest BCUT2D eigenvalue weighted by atomic mass is 35.5. The van der Waals surface area contributed by atoms with Crippen LogP contribution in [0.4, 0.5) is 17.6 Å². The maximum atomic E-state index is 13.5. The zero-order valence-electron chi connectivity index (χ0n) is 10.5. The second kappa shape index (κ2) is 6.96. The van der Waals surface area contributed by atoms with Gasteiger partial charge in [-0.3, -0.25) is 0 Å². The molecule has 0 aliphatic carbocycles. The van der Waals surface area contributed by atoms with Crippen molar-refractivity contribution >= 4 is 12.4 Å². The van der Waals surface area contributed by atoms with Gasteiger partial charge in [-0.2, -0.15) is 0 Å². The molecule has 19 heavy (non-hydrogen) atoms. The van der Waals surface area contributed by atoms with E-state index in [0.717, 1.165) is 18.2 Å². The van der Waals surface area contributed by atoms with E-state index < -0.39 is 24.0 Å². The Kier molecular flexibility index (Phi) is 6.59. The first-order valence-electron chi connectivity index (χ1n) is 5.50. The molecule has 0 amide bonds. The number of hydrogen-bond donors (Lipinski definition) is 1. The van der Waals surface area contributed by atoms with Crippen LogP contribution in [0.3, 0.4) is 0 Å². The molecule has 0 saturated heterocycles. The van der Waals surface area contributed by atoms with Crippen molar-refractivity contribution in [3.63, 3.8) is 0 Å². The number of halogens is 5. The van der Waals surface area contributed by atoms with Gasteiger partial charge >= 0.3 is 6.36 Å². The lowest BCUT2D eigenvalue weighted by atomic mass is 9.97. The zero-order chi connectivity index (χ0) is 13.9. The number of alkyl halides is 3. The van der Waals surface area contributed by atoms with E-state index >= 15 is 0 Å². The fourth-order valence-corrected chi connectivity index (χ4v) is 1.64. The number of nitrogens with two attached hydrogens (primary N) is 1. The average Bonchev–Trinajstić information content (AvgIpc) is 2.17. The Labute approximate surface area is 115 Å². The highest BCUT2D eigenvalue weighted by Gasteiger charge is 2.31. The summed E-state index contributed by atoms with van der Waals surface area (Å²) in [5.74, 6) is -0.873. The van der Waals surface area contributed by atoms with E-state index in [9.17, 15) is 17.6 Å². The molecule has 0 fully saturated rings. The summed E-state index contributed by atoms with van der Waals surface area (Å²) in [5.41, 5.74) is 5.79. The van der Waals surface area contributed by atoms with Crippen molar-refractivity contribution in [2.45, 2.75) is 32.7 Å². The summed E-state index contributed by atoms with van der Waals surface area (Å²) < 4.78 is 53.3. The molecule has 0 saturated carbocycles. The minimum absolute atomic E-state index is 0. The smallest absolute Gasteiger partial charge is 0.406 e. The third-order valence-electron chi connectivity index (χ3n) is 2.33. The second-order valence-electron chi connectivity index (χ2n) is 4.47. The molecule has 2 nitrogen and oxygen atoms in total. The van der Waals surface area contributed by atoms with Gasteiger partial charge in [0.2, 0.25) is 0 Å². The van der Waals surface area contributed by atoms with Crippen LogP contribution >= 0.6 is 12.4 Å². The van der Waals surface area contributed by atoms with E-state index in [0.29, 0.717) is 6.42 Å². The first-order valence-corrected chi connectivity index (χ1v) is 5.50. The van der Waals surface area contributed by atoms with Gasteiger partial charge in [0.05, 0.1) is 0 Å². The molecule has 0 unspecified atom stereocenters. The molecule has 0 heterocycles. The fourth-order valence-electron chi connectivity index (χ4n) is 1.64. The van der Waals surface area contributed by atoms with Gasteiger partial charge in [-0.15, -0.1) is 25.6 Å². The Morgan fingerprint density at radius 1 is 1.26 bits per heavy atom. The standard InChI is InChI=1S/C12H15F4NO.ClH/c1-7(2)5-11(17)9-6-8(3-4-10(9)13)18-12(14,15)16;/h3-4,6-7,11H,5,17H2,1-2H3;1H/t11-;/m0./s1. The van der Waals surface area contributed by atoms with Crippen molar-refractivity contribution in [2.75, 3.05) is 0 Å². The van der Waals surface area contributed by atoms with Crippen molar-refractivity contribution in [3.05, 3.63) is 29.6 Å². The van der Waals surface area contributed by atoms with Gasteiger partial charge in [-0.25, -0.2) is 4.39 Å². The quantitative estimate of drug-likeness (QED) is 0.846. The van der Waals surface area contributed by atoms with Crippen molar-refractivity contribution in [1.29, 1.82) is 0 Å². The number of hydrogen-bond acceptors (Lipinski definition) is 2. The van der Waals surface area contributed by atoms with E-state index in [1.54, 1.807) is 0 Å². The molecular weight excluding hydrogens is 286 g/mol. The summed E-state index contributed by atoms with van der Waals surface area (Å²) in [7, 11) is 0. The van der Waals surface area contributed by atoms with Crippen molar-refractivity contribution in [1.82, 2.24) is 0 Å². The maximum absolute atomic E-state index is 13.5.